The fraction of sp³-hybridized carbons (Fsp3) is 0.700. The Hall–Kier alpha value is -1.83. The molecule has 3 amide bonds. The minimum absolute atomic E-state index is 0.0596. The number of aliphatic hydroxyl groups excluding tert-OH is 1. The van der Waals surface area contributed by atoms with Crippen LogP contribution in [-0.4, -0.2) is 58.8 Å². The third-order valence-corrected chi connectivity index (χ3v) is 2.86. The van der Waals surface area contributed by atoms with Gasteiger partial charge < -0.3 is 26.2 Å². The number of nitrogens with zero attached hydrogens (tertiary/aromatic N) is 1. The fourth-order valence-electron chi connectivity index (χ4n) is 1.73. The third-order valence-electron chi connectivity index (χ3n) is 2.86. The number of aliphatic carboxylic acids is 1. The first-order chi connectivity index (χ1) is 8.41. The van der Waals surface area contributed by atoms with Gasteiger partial charge in [-0.3, -0.25) is 4.79 Å². The van der Waals surface area contributed by atoms with Gasteiger partial charge in [0.25, 0.3) is 0 Å². The average molecular weight is 259 g/mol. The van der Waals surface area contributed by atoms with Crippen LogP contribution < -0.4 is 11.1 Å². The zero-order valence-corrected chi connectivity index (χ0v) is 9.83. The number of carboxylic acids is 1. The molecule has 8 nitrogen and oxygen atoms in total. The summed E-state index contributed by atoms with van der Waals surface area (Å²) < 4.78 is 0. The maximum absolute atomic E-state index is 11.6. The van der Waals surface area contributed by atoms with Crippen LogP contribution in [0.5, 0.6) is 0 Å². The topological polar surface area (TPSA) is 133 Å². The molecule has 18 heavy (non-hydrogen) atoms. The van der Waals surface area contributed by atoms with Gasteiger partial charge in [-0.15, -0.1) is 0 Å². The normalized spacial score (nSPS) is 20.5. The fourth-order valence-corrected chi connectivity index (χ4v) is 1.73. The van der Waals surface area contributed by atoms with Crippen molar-refractivity contribution in [1.82, 2.24) is 10.2 Å². The van der Waals surface area contributed by atoms with Crippen molar-refractivity contribution in [1.29, 1.82) is 0 Å². The molecule has 2 atom stereocenters. The van der Waals surface area contributed by atoms with Crippen molar-refractivity contribution in [2.75, 3.05) is 19.6 Å². The van der Waals surface area contributed by atoms with Gasteiger partial charge >= 0.3 is 12.0 Å². The van der Waals surface area contributed by atoms with Crippen LogP contribution in [0.1, 0.15) is 12.8 Å². The molecule has 1 saturated heterocycles. The second-order valence-electron chi connectivity index (χ2n) is 4.21. The summed E-state index contributed by atoms with van der Waals surface area (Å²) in [5.41, 5.74) is 5.14. The standard InChI is InChI=1S/C10H17N3O5/c11-8(15)6-2-4-13(5-6)10(18)12-3-1-7(14)9(16)17/h6-7,14H,1-5H2,(H2,11,15)(H,12,18)(H,16,17). The lowest BCUT2D eigenvalue weighted by molar-refractivity contribution is -0.146. The van der Waals surface area contributed by atoms with E-state index in [1.807, 2.05) is 0 Å². The number of amides is 3. The van der Waals surface area contributed by atoms with E-state index in [4.69, 9.17) is 15.9 Å². The molecule has 1 rings (SSSR count). The second-order valence-corrected chi connectivity index (χ2v) is 4.21. The molecule has 0 saturated carbocycles. The molecule has 102 valence electrons. The van der Waals surface area contributed by atoms with Gasteiger partial charge in [-0.05, 0) is 6.42 Å². The minimum atomic E-state index is -1.48. The Morgan fingerprint density at radius 2 is 2.11 bits per heavy atom. The van der Waals surface area contributed by atoms with Crippen molar-refractivity contribution in [3.05, 3.63) is 0 Å². The number of nitrogens with one attached hydrogen (secondary N) is 1. The van der Waals surface area contributed by atoms with Crippen LogP contribution >= 0.6 is 0 Å². The summed E-state index contributed by atoms with van der Waals surface area (Å²) in [6.45, 7) is 0.785. The van der Waals surface area contributed by atoms with Gasteiger partial charge in [-0.2, -0.15) is 0 Å². The van der Waals surface area contributed by atoms with E-state index >= 15 is 0 Å². The Balaban J connectivity index is 2.26. The molecule has 0 radical (unpaired) electrons. The molecule has 0 aromatic heterocycles. The number of nitrogens with two attached hydrogens (primary N) is 1. The number of hydrogen-bond acceptors (Lipinski definition) is 4. The minimum Gasteiger partial charge on any atom is -0.479 e. The SMILES string of the molecule is NC(=O)C1CCN(C(=O)NCCC(O)C(=O)O)C1. The number of carbonyl (C=O) groups is 3. The largest absolute Gasteiger partial charge is 0.479 e. The first kappa shape index (κ1) is 14.2. The highest BCUT2D eigenvalue weighted by atomic mass is 16.4. The summed E-state index contributed by atoms with van der Waals surface area (Å²) in [4.78, 5) is 34.3. The van der Waals surface area contributed by atoms with Gasteiger partial charge in [-0.1, -0.05) is 0 Å². The molecule has 5 N–H and O–H groups in total. The third kappa shape index (κ3) is 3.88. The Bertz CT molecular complexity index is 346. The average Bonchev–Trinajstić information content (AvgIpc) is 2.77. The summed E-state index contributed by atoms with van der Waals surface area (Å²) in [6, 6.07) is -0.378. The van der Waals surface area contributed by atoms with Crippen molar-refractivity contribution in [3.63, 3.8) is 0 Å². The molecule has 0 aromatic carbocycles. The van der Waals surface area contributed by atoms with Crippen molar-refractivity contribution >= 4 is 17.9 Å². The lowest BCUT2D eigenvalue weighted by Crippen LogP contribution is -2.40. The van der Waals surface area contributed by atoms with Gasteiger partial charge in [0, 0.05) is 26.1 Å². The number of primary amides is 1. The molecule has 1 aliphatic heterocycles. The van der Waals surface area contributed by atoms with Crippen molar-refractivity contribution in [3.8, 4) is 0 Å². The highest BCUT2D eigenvalue weighted by molar-refractivity contribution is 5.80. The molecule has 2 unspecified atom stereocenters. The summed E-state index contributed by atoms with van der Waals surface area (Å²) in [6.07, 6.45) is -1.00. The lowest BCUT2D eigenvalue weighted by atomic mass is 10.1. The van der Waals surface area contributed by atoms with Gasteiger partial charge in [0.15, 0.2) is 6.10 Å². The second kappa shape index (κ2) is 6.20. The van der Waals surface area contributed by atoms with Crippen LogP contribution in [0.4, 0.5) is 4.79 Å². The molecule has 1 fully saturated rings. The Kier molecular flexibility index (Phi) is 4.90. The number of hydrogen-bond donors (Lipinski definition) is 4. The summed E-state index contributed by atoms with van der Waals surface area (Å²) in [5.74, 6) is -2.06. The number of aliphatic hydroxyl groups is 1. The van der Waals surface area contributed by atoms with Gasteiger partial charge in [0.2, 0.25) is 5.91 Å². The quantitative estimate of drug-likeness (QED) is 0.469. The first-order valence-electron chi connectivity index (χ1n) is 5.64. The van der Waals surface area contributed by atoms with Crippen LogP contribution in [-0.2, 0) is 9.59 Å². The zero-order valence-electron chi connectivity index (χ0n) is 9.83. The van der Waals surface area contributed by atoms with Crippen molar-refractivity contribution < 1.29 is 24.6 Å². The molecule has 0 aromatic rings. The molecule has 0 spiro atoms. The van der Waals surface area contributed by atoms with Crippen molar-refractivity contribution in [2.24, 2.45) is 11.7 Å². The number of carbonyl (C=O) groups excluding carboxylic acids is 2. The molecular formula is C10H17N3O5. The predicted molar refractivity (Wildman–Crippen MR) is 60.5 cm³/mol. The van der Waals surface area contributed by atoms with Crippen LogP contribution in [0, 0.1) is 5.92 Å². The number of rotatable bonds is 5. The smallest absolute Gasteiger partial charge is 0.332 e. The highest BCUT2D eigenvalue weighted by Crippen LogP contribution is 2.15. The number of likely N-dealkylation sites (tertiary alicyclic amines) is 1. The van der Waals surface area contributed by atoms with Crippen molar-refractivity contribution in [2.45, 2.75) is 18.9 Å². The maximum atomic E-state index is 11.6. The number of urea groups is 1. The zero-order chi connectivity index (χ0) is 13.7. The molecule has 0 bridgehead atoms. The van der Waals surface area contributed by atoms with E-state index in [0.717, 1.165) is 0 Å². The monoisotopic (exact) mass is 259 g/mol. The van der Waals surface area contributed by atoms with E-state index in [9.17, 15) is 14.4 Å². The molecular weight excluding hydrogens is 242 g/mol. The maximum Gasteiger partial charge on any atom is 0.332 e. The molecule has 0 aliphatic carbocycles. The predicted octanol–water partition coefficient (Wildman–Crippen LogP) is -1.66. The van der Waals surface area contributed by atoms with E-state index in [-0.39, 0.29) is 31.5 Å². The van der Waals surface area contributed by atoms with Crippen LogP contribution in [0.15, 0.2) is 0 Å². The van der Waals surface area contributed by atoms with Gasteiger partial charge in [0.1, 0.15) is 0 Å². The Morgan fingerprint density at radius 1 is 1.44 bits per heavy atom. The van der Waals surface area contributed by atoms with Crippen LogP contribution in [0.3, 0.4) is 0 Å². The van der Waals surface area contributed by atoms with Gasteiger partial charge in [-0.25, -0.2) is 9.59 Å². The van der Waals surface area contributed by atoms with E-state index in [0.29, 0.717) is 13.0 Å². The summed E-state index contributed by atoms with van der Waals surface area (Å²) in [7, 11) is 0. The summed E-state index contributed by atoms with van der Waals surface area (Å²) in [5, 5.41) is 19.9. The van der Waals surface area contributed by atoms with Crippen LogP contribution in [0.25, 0.3) is 0 Å². The van der Waals surface area contributed by atoms with E-state index < -0.39 is 18.0 Å². The Morgan fingerprint density at radius 3 is 2.61 bits per heavy atom. The first-order valence-corrected chi connectivity index (χ1v) is 5.64. The van der Waals surface area contributed by atoms with E-state index in [2.05, 4.69) is 5.32 Å². The molecule has 1 aliphatic rings. The Labute approximate surface area is 104 Å². The molecule has 1 heterocycles. The van der Waals surface area contributed by atoms with E-state index in [1.54, 1.807) is 0 Å². The lowest BCUT2D eigenvalue weighted by Gasteiger charge is -2.17. The molecule has 8 heteroatoms. The van der Waals surface area contributed by atoms with Crippen LogP contribution in [0.2, 0.25) is 0 Å². The number of carboxylic acid groups (broad SMARTS) is 1. The summed E-state index contributed by atoms with van der Waals surface area (Å²) >= 11 is 0. The van der Waals surface area contributed by atoms with Gasteiger partial charge in [0.05, 0.1) is 5.92 Å². The van der Waals surface area contributed by atoms with E-state index in [1.165, 1.54) is 4.90 Å². The highest BCUT2D eigenvalue weighted by Gasteiger charge is 2.29.